The summed E-state index contributed by atoms with van der Waals surface area (Å²) >= 11 is 0. The quantitative estimate of drug-likeness (QED) is 0.0290. The summed E-state index contributed by atoms with van der Waals surface area (Å²) < 4.78 is 17.6. The van der Waals surface area contributed by atoms with Gasteiger partial charge in [0.05, 0.1) is 48.8 Å². The maximum atomic E-state index is 14.7. The van der Waals surface area contributed by atoms with E-state index in [0.29, 0.717) is 49.2 Å². The molecule has 0 aliphatic carbocycles. The van der Waals surface area contributed by atoms with Crippen molar-refractivity contribution >= 4 is 53.2 Å². The van der Waals surface area contributed by atoms with E-state index in [0.717, 1.165) is 0 Å². The number of aliphatic hydroxyl groups excluding tert-OH is 1. The number of amides is 7. The van der Waals surface area contributed by atoms with Gasteiger partial charge in [0.25, 0.3) is 0 Å². The molecule has 1 heterocycles. The van der Waals surface area contributed by atoms with E-state index in [1.165, 1.54) is 19.1 Å². The molecule has 0 radical (unpaired) electrons. The predicted octanol–water partition coefficient (Wildman–Crippen LogP) is 4.16. The number of benzene rings is 2. The molecule has 0 bridgehead atoms. The number of nitrogens with two attached hydrogens (primary N) is 2. The number of likely N-dealkylation sites (tertiary alicyclic amines) is 1. The molecule has 2 unspecified atom stereocenters. The highest BCUT2D eigenvalue weighted by Crippen LogP contribution is 2.30. The van der Waals surface area contributed by atoms with Gasteiger partial charge in [-0.25, -0.2) is 4.79 Å². The molecular formula is C59H97N11O11. The molecular weight excluding hydrogens is 1040 g/mol. The standard InChI is InChI=1S/C59H97N11O11/c1-16-37(8)50(45(79-14)31-46(71)70-30-28-42(32-70)52(80-15)38(9)53(73)64-39(10)51(72)41-21-18-17-19-22-41)68(12)57(77)48(35(4)5)67-56(76)49(36(6)7)69(13)59(78)81-33-40-24-26-43(27-25-40)65-54(74)44(23-20-29-63-58(60)61)66-55(75)47(62-11)34(2)3/h17-19,21-22,24-27,34-39,42,44-45,47-52,62,72H,16,20,23,28-33H2,1-15H3,(H,64,73)(H,65,74)(H,66,75)(H,67,76)(H4,60,61,63)/t37-,38+,39+,42+,44-,45+,47?,48-,49?,50-,51+,52+/m0/s1. The van der Waals surface area contributed by atoms with Gasteiger partial charge in [-0.15, -0.1) is 0 Å². The molecule has 12 atom stereocenters. The number of anilines is 1. The maximum Gasteiger partial charge on any atom is 0.410 e. The predicted molar refractivity (Wildman–Crippen MR) is 313 cm³/mol. The van der Waals surface area contributed by atoms with E-state index in [4.69, 9.17) is 25.7 Å². The minimum Gasteiger partial charge on any atom is -0.445 e. The van der Waals surface area contributed by atoms with Crippen molar-refractivity contribution in [3.05, 3.63) is 65.7 Å². The summed E-state index contributed by atoms with van der Waals surface area (Å²) in [4.78, 5) is 105. The third-order valence-electron chi connectivity index (χ3n) is 15.5. The number of aliphatic imine (C=N–C) groups is 1. The number of carbonyl (C=O) groups excluding carboxylic acids is 7. The third kappa shape index (κ3) is 20.2. The number of hydrogen-bond acceptors (Lipinski definition) is 13. The van der Waals surface area contributed by atoms with Gasteiger partial charge in [-0.2, -0.15) is 0 Å². The van der Waals surface area contributed by atoms with E-state index in [2.05, 4.69) is 31.6 Å². The number of likely N-dealkylation sites (N-methyl/N-ethyl adjacent to an activating group) is 3. The van der Waals surface area contributed by atoms with Crippen molar-refractivity contribution in [2.24, 2.45) is 52.0 Å². The van der Waals surface area contributed by atoms with E-state index in [1.54, 1.807) is 95.1 Å². The fourth-order valence-electron chi connectivity index (χ4n) is 10.6. The average Bonchev–Trinajstić information content (AvgIpc) is 3.95. The van der Waals surface area contributed by atoms with E-state index < -0.39 is 84.3 Å². The van der Waals surface area contributed by atoms with Gasteiger partial charge in [0.2, 0.25) is 35.4 Å². The van der Waals surface area contributed by atoms with Crippen molar-refractivity contribution in [2.75, 3.05) is 60.3 Å². The molecule has 7 amide bonds. The minimum absolute atomic E-state index is 0.0262. The topological polar surface area (TPSA) is 302 Å². The molecule has 3 rings (SSSR count). The smallest absolute Gasteiger partial charge is 0.410 e. The van der Waals surface area contributed by atoms with Crippen LogP contribution in [0, 0.1) is 35.5 Å². The highest BCUT2D eigenvalue weighted by Gasteiger charge is 2.42. The molecule has 1 fully saturated rings. The van der Waals surface area contributed by atoms with Crippen molar-refractivity contribution in [1.29, 1.82) is 0 Å². The molecule has 1 aliphatic rings. The fraction of sp³-hybridized carbons (Fsp3) is 0.661. The van der Waals surface area contributed by atoms with Crippen molar-refractivity contribution < 1.29 is 52.9 Å². The Labute approximate surface area is 481 Å². The first-order chi connectivity index (χ1) is 38.2. The Hall–Kier alpha value is -6.36. The lowest BCUT2D eigenvalue weighted by Gasteiger charge is -2.40. The first-order valence-electron chi connectivity index (χ1n) is 28.5. The van der Waals surface area contributed by atoms with Crippen LogP contribution >= 0.6 is 0 Å². The van der Waals surface area contributed by atoms with Crippen molar-refractivity contribution in [3.63, 3.8) is 0 Å². The number of carbonyl (C=O) groups is 7. The normalized spacial score (nSPS) is 17.5. The molecule has 2 aromatic rings. The zero-order valence-electron chi connectivity index (χ0n) is 50.7. The lowest BCUT2D eigenvalue weighted by Crippen LogP contribution is -2.60. The Kier molecular flexibility index (Phi) is 28.5. The van der Waals surface area contributed by atoms with Gasteiger partial charge in [-0.05, 0) is 80.2 Å². The van der Waals surface area contributed by atoms with E-state index in [-0.39, 0.29) is 79.3 Å². The van der Waals surface area contributed by atoms with E-state index in [1.807, 2.05) is 59.7 Å². The van der Waals surface area contributed by atoms with Crippen LogP contribution in [0.25, 0.3) is 0 Å². The monoisotopic (exact) mass is 1140 g/mol. The molecule has 22 heteroatoms. The van der Waals surface area contributed by atoms with Crippen LogP contribution in [-0.4, -0.2) is 171 Å². The van der Waals surface area contributed by atoms with Crippen LogP contribution in [-0.2, 0) is 49.6 Å². The average molecular weight is 1140 g/mol. The SMILES string of the molecule is CC[C@H](C)[C@@H]([C@@H](CC(=O)N1CC[C@@H]([C@H](OC)[C@@H](C)C(=O)N[C@H](C)[C@@H](O)c2ccccc2)C1)OC)N(C)C(=O)[C@@H](NC(=O)C(C(C)C)N(C)C(=O)OCc1ccc(NC(=O)[C@H](CCCN=C(N)N)NC(=O)C(NC)C(C)C)cc1)C(C)C. The molecule has 1 saturated heterocycles. The van der Waals surface area contributed by atoms with E-state index >= 15 is 0 Å². The molecule has 22 nitrogen and oxygen atoms in total. The molecule has 454 valence electrons. The van der Waals surface area contributed by atoms with Gasteiger partial charge in [-0.3, -0.25) is 38.7 Å². The molecule has 0 saturated carbocycles. The Morgan fingerprint density at radius 2 is 1.41 bits per heavy atom. The summed E-state index contributed by atoms with van der Waals surface area (Å²) in [6.07, 6.45) is -0.937. The summed E-state index contributed by atoms with van der Waals surface area (Å²) in [6.45, 7) is 19.5. The number of nitrogens with one attached hydrogen (secondary N) is 5. The van der Waals surface area contributed by atoms with Crippen LogP contribution in [0.1, 0.15) is 119 Å². The van der Waals surface area contributed by atoms with Crippen molar-refractivity contribution in [1.82, 2.24) is 36.0 Å². The lowest BCUT2D eigenvalue weighted by molar-refractivity contribution is -0.146. The number of ether oxygens (including phenoxy) is 3. The summed E-state index contributed by atoms with van der Waals surface area (Å²) in [5.41, 5.74) is 12.7. The van der Waals surface area contributed by atoms with Crippen LogP contribution in [0.2, 0.25) is 0 Å². The summed E-state index contributed by atoms with van der Waals surface area (Å²) in [7, 11) is 7.88. The lowest BCUT2D eigenvalue weighted by atomic mass is 9.89. The van der Waals surface area contributed by atoms with E-state index in [9.17, 15) is 38.7 Å². The number of hydrogen-bond donors (Lipinski definition) is 8. The highest BCUT2D eigenvalue weighted by molar-refractivity contribution is 5.98. The Morgan fingerprint density at radius 3 is 1.95 bits per heavy atom. The number of guanidine groups is 1. The Morgan fingerprint density at radius 1 is 0.778 bits per heavy atom. The summed E-state index contributed by atoms with van der Waals surface area (Å²) in [5, 5.41) is 25.4. The van der Waals surface area contributed by atoms with Crippen molar-refractivity contribution in [3.8, 4) is 0 Å². The first-order valence-corrected chi connectivity index (χ1v) is 28.5. The second kappa shape index (κ2) is 33.5. The maximum absolute atomic E-state index is 14.7. The Bertz CT molecular complexity index is 2350. The summed E-state index contributed by atoms with van der Waals surface area (Å²) in [5.74, 6) is -3.84. The number of rotatable bonds is 32. The van der Waals surface area contributed by atoms with Crippen LogP contribution in [0.15, 0.2) is 59.6 Å². The van der Waals surface area contributed by atoms with Gasteiger partial charge in [0.1, 0.15) is 24.7 Å². The molecule has 0 spiro atoms. The number of methoxy groups -OCH3 is 2. The zero-order chi connectivity index (χ0) is 60.8. The van der Waals surface area contributed by atoms with Crippen LogP contribution in [0.4, 0.5) is 10.5 Å². The summed E-state index contributed by atoms with van der Waals surface area (Å²) in [6, 6.07) is 11.2. The zero-order valence-corrected chi connectivity index (χ0v) is 50.7. The fourth-order valence-corrected chi connectivity index (χ4v) is 10.6. The number of aliphatic hydroxyl groups is 1. The van der Waals surface area contributed by atoms with Crippen molar-refractivity contribution in [2.45, 2.75) is 163 Å². The molecule has 81 heavy (non-hydrogen) atoms. The first kappa shape index (κ1) is 68.9. The second-order valence-electron chi connectivity index (χ2n) is 22.6. The van der Waals surface area contributed by atoms with Gasteiger partial charge < -0.3 is 67.2 Å². The Balaban J connectivity index is 1.67. The molecule has 1 aliphatic heterocycles. The molecule has 10 N–H and O–H groups in total. The van der Waals surface area contributed by atoms with Gasteiger partial charge >= 0.3 is 6.09 Å². The van der Waals surface area contributed by atoms with Gasteiger partial charge in [0.15, 0.2) is 5.96 Å². The molecule has 0 aromatic heterocycles. The third-order valence-corrected chi connectivity index (χ3v) is 15.5. The minimum atomic E-state index is -1.03. The van der Waals surface area contributed by atoms with Gasteiger partial charge in [0, 0.05) is 59.6 Å². The second-order valence-corrected chi connectivity index (χ2v) is 22.6. The number of nitrogens with zero attached hydrogens (tertiary/aromatic N) is 4. The van der Waals surface area contributed by atoms with Crippen LogP contribution < -0.4 is 38.1 Å². The van der Waals surface area contributed by atoms with Gasteiger partial charge in [-0.1, -0.05) is 111 Å². The van der Waals surface area contributed by atoms with Crippen LogP contribution in [0.5, 0.6) is 0 Å². The van der Waals surface area contributed by atoms with Crippen LogP contribution in [0.3, 0.4) is 0 Å². The highest BCUT2D eigenvalue weighted by atomic mass is 16.6. The molecule has 2 aromatic carbocycles. The largest absolute Gasteiger partial charge is 0.445 e.